The number of halogens is 2. The van der Waals surface area contributed by atoms with Crippen molar-refractivity contribution in [1.29, 1.82) is 0 Å². The van der Waals surface area contributed by atoms with Crippen molar-refractivity contribution in [3.8, 4) is 0 Å². The molecule has 0 aliphatic rings. The minimum atomic E-state index is -0.245. The maximum absolute atomic E-state index is 13.7. The van der Waals surface area contributed by atoms with Gasteiger partial charge in [-0.3, -0.25) is 0 Å². The van der Waals surface area contributed by atoms with E-state index in [1.807, 2.05) is 13.0 Å². The van der Waals surface area contributed by atoms with Crippen LogP contribution in [0.25, 0.3) is 21.8 Å². The van der Waals surface area contributed by atoms with Crippen LogP contribution >= 0.6 is 11.6 Å². The van der Waals surface area contributed by atoms with Crippen LogP contribution in [0.3, 0.4) is 0 Å². The smallest absolute Gasteiger partial charge is 0.133 e. The Morgan fingerprint density at radius 2 is 2.19 bits per heavy atom. The van der Waals surface area contributed by atoms with Crippen molar-refractivity contribution in [2.45, 2.75) is 6.92 Å². The van der Waals surface area contributed by atoms with Crippen LogP contribution in [0.15, 0.2) is 24.3 Å². The Morgan fingerprint density at radius 3 is 3.00 bits per heavy atom. The molecule has 4 heteroatoms. The van der Waals surface area contributed by atoms with Crippen molar-refractivity contribution in [1.82, 2.24) is 9.97 Å². The normalized spacial score (nSPS) is 11.4. The van der Waals surface area contributed by atoms with Gasteiger partial charge in [0.25, 0.3) is 0 Å². The van der Waals surface area contributed by atoms with Crippen LogP contribution in [-0.2, 0) is 0 Å². The lowest BCUT2D eigenvalue weighted by molar-refractivity contribution is 0.640. The van der Waals surface area contributed by atoms with Gasteiger partial charge in [0.05, 0.1) is 11.2 Å². The second kappa shape index (κ2) is 3.19. The van der Waals surface area contributed by atoms with Gasteiger partial charge >= 0.3 is 0 Å². The summed E-state index contributed by atoms with van der Waals surface area (Å²) in [5.74, 6) is -0.245. The second-order valence-corrected chi connectivity index (χ2v) is 4.13. The van der Waals surface area contributed by atoms with Crippen LogP contribution in [0.1, 0.15) is 5.69 Å². The van der Waals surface area contributed by atoms with Gasteiger partial charge in [-0.2, -0.15) is 0 Å². The topological polar surface area (TPSA) is 28.7 Å². The minimum absolute atomic E-state index is 0.245. The van der Waals surface area contributed by atoms with Gasteiger partial charge < -0.3 is 4.98 Å². The first kappa shape index (κ1) is 9.60. The summed E-state index contributed by atoms with van der Waals surface area (Å²) in [5, 5.41) is 1.74. The Hall–Kier alpha value is -1.61. The summed E-state index contributed by atoms with van der Waals surface area (Å²) in [6.45, 7) is 1.85. The number of benzene rings is 1. The summed E-state index contributed by atoms with van der Waals surface area (Å²) in [7, 11) is 0. The van der Waals surface area contributed by atoms with E-state index in [0.29, 0.717) is 10.5 Å². The molecule has 0 radical (unpaired) electrons. The highest BCUT2D eigenvalue weighted by Crippen LogP contribution is 2.30. The fraction of sp³-hybridized carbons (Fsp3) is 0.0833. The molecule has 0 aliphatic carbocycles. The average molecular weight is 235 g/mol. The van der Waals surface area contributed by atoms with E-state index in [-0.39, 0.29) is 5.82 Å². The third kappa shape index (κ3) is 1.21. The molecule has 0 saturated heterocycles. The lowest BCUT2D eigenvalue weighted by atomic mass is 10.1. The number of aryl methyl sites for hydroxylation is 1. The predicted octanol–water partition coefficient (Wildman–Crippen LogP) is 3.82. The molecule has 0 spiro atoms. The highest BCUT2D eigenvalue weighted by molar-refractivity contribution is 6.30. The van der Waals surface area contributed by atoms with Crippen molar-refractivity contribution >= 4 is 33.4 Å². The molecule has 3 aromatic rings. The van der Waals surface area contributed by atoms with E-state index in [1.54, 1.807) is 12.1 Å². The van der Waals surface area contributed by atoms with Crippen molar-refractivity contribution in [2.24, 2.45) is 0 Å². The standard InChI is InChI=1S/C12H8ClFN2/c1-6-12-7(5-10(13)15-6)11-8(14)3-2-4-9(11)16-12/h2-5,16H,1H3. The summed E-state index contributed by atoms with van der Waals surface area (Å²) in [6, 6.07) is 6.65. The number of aromatic nitrogens is 2. The largest absolute Gasteiger partial charge is 0.353 e. The highest BCUT2D eigenvalue weighted by Gasteiger charge is 2.11. The Bertz CT molecular complexity index is 703. The van der Waals surface area contributed by atoms with Gasteiger partial charge in [0.2, 0.25) is 0 Å². The first-order valence-electron chi connectivity index (χ1n) is 4.90. The maximum atomic E-state index is 13.7. The molecule has 1 N–H and O–H groups in total. The van der Waals surface area contributed by atoms with Gasteiger partial charge in [-0.15, -0.1) is 0 Å². The van der Waals surface area contributed by atoms with Gasteiger partial charge in [0, 0.05) is 16.3 Å². The molecule has 80 valence electrons. The van der Waals surface area contributed by atoms with Gasteiger partial charge in [0.1, 0.15) is 11.0 Å². The number of hydrogen-bond donors (Lipinski definition) is 1. The number of hydrogen-bond acceptors (Lipinski definition) is 1. The number of nitrogens with zero attached hydrogens (tertiary/aromatic N) is 1. The van der Waals surface area contributed by atoms with Crippen molar-refractivity contribution in [2.75, 3.05) is 0 Å². The Labute approximate surface area is 96.1 Å². The quantitative estimate of drug-likeness (QED) is 0.589. The van der Waals surface area contributed by atoms with E-state index in [4.69, 9.17) is 11.6 Å². The fourth-order valence-corrected chi connectivity index (χ4v) is 2.26. The Kier molecular flexibility index (Phi) is 1.91. The molecule has 0 atom stereocenters. The summed E-state index contributed by atoms with van der Waals surface area (Å²) in [4.78, 5) is 7.29. The monoisotopic (exact) mass is 234 g/mol. The summed E-state index contributed by atoms with van der Waals surface area (Å²) >= 11 is 5.89. The van der Waals surface area contributed by atoms with Crippen molar-refractivity contribution < 1.29 is 4.39 Å². The van der Waals surface area contributed by atoms with Gasteiger partial charge in [0.15, 0.2) is 0 Å². The highest BCUT2D eigenvalue weighted by atomic mass is 35.5. The van der Waals surface area contributed by atoms with Gasteiger partial charge in [-0.25, -0.2) is 9.37 Å². The third-order valence-electron chi connectivity index (χ3n) is 2.71. The number of aromatic amines is 1. The molecule has 0 bridgehead atoms. The summed E-state index contributed by atoms with van der Waals surface area (Å²) in [6.07, 6.45) is 0. The molecule has 2 nitrogen and oxygen atoms in total. The predicted molar refractivity (Wildman–Crippen MR) is 63.3 cm³/mol. The molecule has 1 aromatic carbocycles. The average Bonchev–Trinajstić information content (AvgIpc) is 2.58. The minimum Gasteiger partial charge on any atom is -0.353 e. The van der Waals surface area contributed by atoms with Crippen LogP contribution in [0, 0.1) is 12.7 Å². The lowest BCUT2D eigenvalue weighted by Crippen LogP contribution is -1.83. The van der Waals surface area contributed by atoms with E-state index in [9.17, 15) is 4.39 Å². The number of fused-ring (bicyclic) bond motifs is 3. The van der Waals surface area contributed by atoms with E-state index >= 15 is 0 Å². The molecule has 16 heavy (non-hydrogen) atoms. The molecule has 0 fully saturated rings. The first-order chi connectivity index (χ1) is 7.66. The number of nitrogens with one attached hydrogen (secondary N) is 1. The second-order valence-electron chi connectivity index (χ2n) is 3.74. The lowest BCUT2D eigenvalue weighted by Gasteiger charge is -1.97. The van der Waals surface area contributed by atoms with Crippen LogP contribution in [-0.4, -0.2) is 9.97 Å². The van der Waals surface area contributed by atoms with Crippen LogP contribution < -0.4 is 0 Å². The zero-order valence-electron chi connectivity index (χ0n) is 8.51. The molecule has 2 heterocycles. The zero-order valence-corrected chi connectivity index (χ0v) is 9.27. The summed E-state index contributed by atoms with van der Waals surface area (Å²) < 4.78 is 13.7. The third-order valence-corrected chi connectivity index (χ3v) is 2.91. The molecular weight excluding hydrogens is 227 g/mol. The maximum Gasteiger partial charge on any atom is 0.133 e. The molecule has 0 aliphatic heterocycles. The molecule has 0 amide bonds. The van der Waals surface area contributed by atoms with Gasteiger partial charge in [-0.05, 0) is 25.1 Å². The van der Waals surface area contributed by atoms with E-state index < -0.39 is 0 Å². The SMILES string of the molecule is Cc1nc(Cl)cc2c1[nH]c1cccc(F)c12. The van der Waals surface area contributed by atoms with Crippen LogP contribution in [0.2, 0.25) is 5.15 Å². The van der Waals surface area contributed by atoms with Crippen molar-refractivity contribution in [3.63, 3.8) is 0 Å². The van der Waals surface area contributed by atoms with Crippen LogP contribution in [0.4, 0.5) is 4.39 Å². The van der Waals surface area contributed by atoms with Crippen LogP contribution in [0.5, 0.6) is 0 Å². The van der Waals surface area contributed by atoms with E-state index in [1.165, 1.54) is 6.07 Å². The fourth-order valence-electron chi connectivity index (χ4n) is 2.03. The summed E-state index contributed by atoms with van der Waals surface area (Å²) in [5.41, 5.74) is 2.38. The molecule has 0 saturated carbocycles. The number of H-pyrrole nitrogens is 1. The Morgan fingerprint density at radius 1 is 1.38 bits per heavy atom. The first-order valence-corrected chi connectivity index (χ1v) is 5.27. The Balaban J connectivity index is 2.63. The van der Waals surface area contributed by atoms with Gasteiger partial charge in [-0.1, -0.05) is 17.7 Å². The van der Waals surface area contributed by atoms with E-state index in [0.717, 1.165) is 22.1 Å². The zero-order chi connectivity index (χ0) is 11.3. The van der Waals surface area contributed by atoms with E-state index in [2.05, 4.69) is 9.97 Å². The number of pyridine rings is 1. The molecular formula is C12H8ClFN2. The molecule has 2 aromatic heterocycles. The molecule has 3 rings (SSSR count). The molecule has 0 unspecified atom stereocenters. The van der Waals surface area contributed by atoms with Crippen molar-refractivity contribution in [3.05, 3.63) is 40.9 Å². The number of rotatable bonds is 0.